The zero-order valence-electron chi connectivity index (χ0n) is 16.2. The Morgan fingerprint density at radius 3 is 2.55 bits per heavy atom. The molecule has 3 aromatic rings. The van der Waals surface area contributed by atoms with E-state index in [4.69, 9.17) is 14.2 Å². The third kappa shape index (κ3) is 3.16. The molecule has 0 radical (unpaired) electrons. The van der Waals surface area contributed by atoms with Gasteiger partial charge in [0.15, 0.2) is 11.5 Å². The average Bonchev–Trinajstić information content (AvgIpc) is 3.15. The number of rotatable bonds is 5. The summed E-state index contributed by atoms with van der Waals surface area (Å²) in [7, 11) is 4.62. The fourth-order valence-corrected chi connectivity index (χ4v) is 3.70. The summed E-state index contributed by atoms with van der Waals surface area (Å²) in [5.74, 6) is 1.13. The van der Waals surface area contributed by atoms with Crippen LogP contribution in [-0.4, -0.2) is 37.0 Å². The van der Waals surface area contributed by atoms with Gasteiger partial charge in [0.25, 0.3) is 0 Å². The topological polar surface area (TPSA) is 74.6 Å². The SMILES string of the molecule is COc1ccc(C2CC(=O)Nc3c2cnn3-c2cccc(F)c2)c(OC)c1OC. The monoisotopic (exact) mass is 397 g/mol. The molecule has 0 aliphatic carbocycles. The quantitative estimate of drug-likeness (QED) is 0.713. The molecular formula is C21H20FN3O4. The Kier molecular flexibility index (Phi) is 4.84. The molecule has 2 aromatic carbocycles. The maximum atomic E-state index is 13.7. The number of aromatic nitrogens is 2. The van der Waals surface area contributed by atoms with Gasteiger partial charge in [-0.1, -0.05) is 12.1 Å². The highest BCUT2D eigenvalue weighted by Gasteiger charge is 2.33. The number of amides is 1. The molecule has 1 N–H and O–H groups in total. The van der Waals surface area contributed by atoms with E-state index in [0.29, 0.717) is 28.8 Å². The van der Waals surface area contributed by atoms with Crippen LogP contribution in [0, 0.1) is 5.82 Å². The van der Waals surface area contributed by atoms with Crippen molar-refractivity contribution in [3.05, 3.63) is 59.5 Å². The molecule has 4 rings (SSSR count). The molecule has 1 aliphatic rings. The second kappa shape index (κ2) is 7.46. The lowest BCUT2D eigenvalue weighted by Gasteiger charge is -2.26. The van der Waals surface area contributed by atoms with Crippen LogP contribution in [0.5, 0.6) is 17.2 Å². The van der Waals surface area contributed by atoms with Gasteiger partial charge in [0, 0.05) is 23.5 Å². The van der Waals surface area contributed by atoms with Crippen molar-refractivity contribution in [1.29, 1.82) is 0 Å². The minimum absolute atomic E-state index is 0.169. The van der Waals surface area contributed by atoms with Gasteiger partial charge in [-0.2, -0.15) is 5.10 Å². The number of ether oxygens (including phenoxy) is 3. The number of benzene rings is 2. The van der Waals surface area contributed by atoms with Crippen LogP contribution < -0.4 is 19.5 Å². The van der Waals surface area contributed by atoms with Gasteiger partial charge in [-0.3, -0.25) is 4.79 Å². The zero-order valence-corrected chi connectivity index (χ0v) is 16.2. The van der Waals surface area contributed by atoms with Crippen molar-refractivity contribution in [2.75, 3.05) is 26.6 Å². The fourth-order valence-electron chi connectivity index (χ4n) is 3.70. The standard InChI is InChI=1S/C21H20FN3O4/c1-27-17-8-7-14(19(28-2)20(17)29-3)15-10-18(26)24-21-16(15)11-23-25(21)13-6-4-5-12(22)9-13/h4-9,11,15H,10H2,1-3H3,(H,24,26). The summed E-state index contributed by atoms with van der Waals surface area (Å²) in [6.45, 7) is 0. The number of anilines is 1. The number of carbonyl (C=O) groups excluding carboxylic acids is 1. The third-order valence-electron chi connectivity index (χ3n) is 4.98. The van der Waals surface area contributed by atoms with Gasteiger partial charge in [-0.25, -0.2) is 9.07 Å². The van der Waals surface area contributed by atoms with Gasteiger partial charge in [0.2, 0.25) is 11.7 Å². The van der Waals surface area contributed by atoms with E-state index in [9.17, 15) is 9.18 Å². The van der Waals surface area contributed by atoms with Crippen LogP contribution in [0.4, 0.5) is 10.2 Å². The van der Waals surface area contributed by atoms with Gasteiger partial charge in [-0.05, 0) is 24.3 Å². The summed E-state index contributed by atoms with van der Waals surface area (Å²) in [6, 6.07) is 9.67. The molecule has 0 bridgehead atoms. The highest BCUT2D eigenvalue weighted by Crippen LogP contribution is 2.47. The summed E-state index contributed by atoms with van der Waals surface area (Å²) in [6.07, 6.45) is 1.90. The first kappa shape index (κ1) is 18.8. The van der Waals surface area contributed by atoms with Crippen LogP contribution in [0.25, 0.3) is 5.69 Å². The number of halogens is 1. The maximum Gasteiger partial charge on any atom is 0.226 e. The summed E-state index contributed by atoms with van der Waals surface area (Å²) in [5.41, 5.74) is 2.10. The van der Waals surface area contributed by atoms with Crippen LogP contribution in [-0.2, 0) is 4.79 Å². The van der Waals surface area contributed by atoms with E-state index in [-0.39, 0.29) is 24.1 Å². The number of fused-ring (bicyclic) bond motifs is 1. The summed E-state index contributed by atoms with van der Waals surface area (Å²) in [4.78, 5) is 12.5. The largest absolute Gasteiger partial charge is 0.493 e. The van der Waals surface area contributed by atoms with E-state index in [1.165, 1.54) is 23.9 Å². The minimum Gasteiger partial charge on any atom is -0.493 e. The van der Waals surface area contributed by atoms with Crippen molar-refractivity contribution in [2.45, 2.75) is 12.3 Å². The van der Waals surface area contributed by atoms with Crippen LogP contribution in [0.2, 0.25) is 0 Å². The zero-order chi connectivity index (χ0) is 20.5. The molecule has 0 spiro atoms. The van der Waals surface area contributed by atoms with Crippen molar-refractivity contribution in [3.63, 3.8) is 0 Å². The van der Waals surface area contributed by atoms with Crippen molar-refractivity contribution < 1.29 is 23.4 Å². The maximum absolute atomic E-state index is 13.7. The van der Waals surface area contributed by atoms with E-state index in [2.05, 4.69) is 10.4 Å². The van der Waals surface area contributed by atoms with E-state index in [0.717, 1.165) is 11.1 Å². The molecule has 1 atom stereocenters. The first-order valence-electron chi connectivity index (χ1n) is 9.00. The number of methoxy groups -OCH3 is 3. The summed E-state index contributed by atoms with van der Waals surface area (Å²) >= 11 is 0. The van der Waals surface area contributed by atoms with Gasteiger partial charge < -0.3 is 19.5 Å². The van der Waals surface area contributed by atoms with Gasteiger partial charge >= 0.3 is 0 Å². The molecule has 0 saturated heterocycles. The molecule has 0 fully saturated rings. The van der Waals surface area contributed by atoms with E-state index in [1.807, 2.05) is 6.07 Å². The lowest BCUT2D eigenvalue weighted by atomic mass is 9.86. The van der Waals surface area contributed by atoms with Crippen LogP contribution in [0.1, 0.15) is 23.5 Å². The number of hydrogen-bond acceptors (Lipinski definition) is 5. The van der Waals surface area contributed by atoms with Crippen molar-refractivity contribution in [3.8, 4) is 22.9 Å². The van der Waals surface area contributed by atoms with Crippen molar-refractivity contribution >= 4 is 11.7 Å². The first-order chi connectivity index (χ1) is 14.1. The number of nitrogens with zero attached hydrogens (tertiary/aromatic N) is 2. The lowest BCUT2D eigenvalue weighted by molar-refractivity contribution is -0.116. The Hall–Kier alpha value is -3.55. The average molecular weight is 397 g/mol. The molecular weight excluding hydrogens is 377 g/mol. The van der Waals surface area contributed by atoms with Gasteiger partial charge in [0.05, 0.1) is 33.2 Å². The molecule has 0 saturated carbocycles. The Labute approximate surface area is 167 Å². The molecule has 150 valence electrons. The molecule has 2 heterocycles. The number of nitrogens with one attached hydrogen (secondary N) is 1. The molecule has 1 aliphatic heterocycles. The molecule has 1 amide bonds. The lowest BCUT2D eigenvalue weighted by Crippen LogP contribution is -2.25. The normalized spacial score (nSPS) is 15.4. The Morgan fingerprint density at radius 1 is 1.07 bits per heavy atom. The van der Waals surface area contributed by atoms with E-state index < -0.39 is 0 Å². The number of carbonyl (C=O) groups is 1. The predicted molar refractivity (Wildman–Crippen MR) is 105 cm³/mol. The van der Waals surface area contributed by atoms with E-state index in [1.54, 1.807) is 38.6 Å². The smallest absolute Gasteiger partial charge is 0.226 e. The highest BCUT2D eigenvalue weighted by atomic mass is 19.1. The Morgan fingerprint density at radius 2 is 1.86 bits per heavy atom. The highest BCUT2D eigenvalue weighted by molar-refractivity contribution is 5.95. The molecule has 7 nitrogen and oxygen atoms in total. The van der Waals surface area contributed by atoms with Crippen LogP contribution >= 0.6 is 0 Å². The first-order valence-corrected chi connectivity index (χ1v) is 9.00. The summed E-state index contributed by atoms with van der Waals surface area (Å²) in [5, 5.41) is 7.25. The Balaban J connectivity index is 1.86. The molecule has 1 unspecified atom stereocenters. The third-order valence-corrected chi connectivity index (χ3v) is 4.98. The van der Waals surface area contributed by atoms with Crippen LogP contribution in [0.3, 0.4) is 0 Å². The predicted octanol–water partition coefficient (Wildman–Crippen LogP) is 3.51. The number of hydrogen-bond donors (Lipinski definition) is 1. The Bertz CT molecular complexity index is 1080. The molecule has 29 heavy (non-hydrogen) atoms. The second-order valence-electron chi connectivity index (χ2n) is 6.57. The van der Waals surface area contributed by atoms with Crippen molar-refractivity contribution in [2.24, 2.45) is 0 Å². The van der Waals surface area contributed by atoms with Gasteiger partial charge in [0.1, 0.15) is 11.6 Å². The second-order valence-corrected chi connectivity index (χ2v) is 6.57. The molecule has 8 heteroatoms. The van der Waals surface area contributed by atoms with Crippen LogP contribution in [0.15, 0.2) is 42.6 Å². The van der Waals surface area contributed by atoms with Crippen molar-refractivity contribution in [1.82, 2.24) is 9.78 Å². The molecule has 1 aromatic heterocycles. The minimum atomic E-state index is -0.382. The van der Waals surface area contributed by atoms with Gasteiger partial charge in [-0.15, -0.1) is 0 Å². The summed E-state index contributed by atoms with van der Waals surface area (Å²) < 4.78 is 31.7. The fraction of sp³-hybridized carbons (Fsp3) is 0.238. The van der Waals surface area contributed by atoms with E-state index >= 15 is 0 Å².